The van der Waals surface area contributed by atoms with Gasteiger partial charge in [-0.05, 0) is 51.8 Å². The van der Waals surface area contributed by atoms with Crippen molar-refractivity contribution in [1.29, 1.82) is 0 Å². The molecule has 1 heterocycles. The van der Waals surface area contributed by atoms with E-state index in [0.717, 1.165) is 20.1 Å². The van der Waals surface area contributed by atoms with Crippen LogP contribution in [0.4, 0.5) is 5.69 Å². The number of rotatable bonds is 3. The molecule has 3 aromatic rings. The van der Waals surface area contributed by atoms with Gasteiger partial charge in [0.2, 0.25) is 0 Å². The fraction of sp³-hybridized carbons (Fsp3) is 0.0667. The van der Waals surface area contributed by atoms with E-state index >= 15 is 0 Å². The molecular formula is C15H11Br2N3O. The van der Waals surface area contributed by atoms with Crippen LogP contribution in [-0.4, -0.2) is 10.1 Å². The van der Waals surface area contributed by atoms with Crippen LogP contribution in [0.2, 0.25) is 0 Å². The van der Waals surface area contributed by atoms with Gasteiger partial charge in [0.15, 0.2) is 5.82 Å². The van der Waals surface area contributed by atoms with Crippen molar-refractivity contribution >= 4 is 37.5 Å². The lowest BCUT2D eigenvalue weighted by atomic mass is 10.1. The maximum Gasteiger partial charge on any atom is 0.257 e. The number of nitrogens with two attached hydrogens (primary N) is 1. The molecule has 0 unspecified atom stereocenters. The van der Waals surface area contributed by atoms with E-state index in [2.05, 4.69) is 42.0 Å². The highest BCUT2D eigenvalue weighted by Crippen LogP contribution is 2.26. The third-order valence-corrected chi connectivity index (χ3v) is 4.21. The number of benzene rings is 2. The Balaban J connectivity index is 1.82. The summed E-state index contributed by atoms with van der Waals surface area (Å²) in [5, 5.41) is 4.02. The SMILES string of the molecule is Nc1ccc(-c2nc(Cc3ccc(Br)cc3)no2)cc1Br. The zero-order chi connectivity index (χ0) is 14.8. The Labute approximate surface area is 138 Å². The van der Waals surface area contributed by atoms with Crippen LogP contribution < -0.4 is 5.73 Å². The van der Waals surface area contributed by atoms with E-state index < -0.39 is 0 Å². The monoisotopic (exact) mass is 407 g/mol. The van der Waals surface area contributed by atoms with E-state index in [1.165, 1.54) is 0 Å². The van der Waals surface area contributed by atoms with Crippen LogP contribution in [0, 0.1) is 0 Å². The van der Waals surface area contributed by atoms with Gasteiger partial charge in [0, 0.05) is 26.6 Å². The molecule has 0 fully saturated rings. The van der Waals surface area contributed by atoms with Gasteiger partial charge in [0.05, 0.1) is 0 Å². The molecule has 0 saturated heterocycles. The Kier molecular flexibility index (Phi) is 4.07. The van der Waals surface area contributed by atoms with Gasteiger partial charge >= 0.3 is 0 Å². The molecule has 0 aliphatic carbocycles. The first-order chi connectivity index (χ1) is 10.1. The number of halogens is 2. The number of hydrogen-bond acceptors (Lipinski definition) is 4. The first-order valence-electron chi connectivity index (χ1n) is 6.24. The van der Waals surface area contributed by atoms with Gasteiger partial charge in [-0.25, -0.2) is 0 Å². The van der Waals surface area contributed by atoms with Gasteiger partial charge in [-0.2, -0.15) is 4.98 Å². The minimum atomic E-state index is 0.489. The van der Waals surface area contributed by atoms with Crippen LogP contribution >= 0.6 is 31.9 Å². The minimum Gasteiger partial charge on any atom is -0.398 e. The highest BCUT2D eigenvalue weighted by atomic mass is 79.9. The van der Waals surface area contributed by atoms with Gasteiger partial charge < -0.3 is 10.3 Å². The van der Waals surface area contributed by atoms with Crippen LogP contribution in [-0.2, 0) is 6.42 Å². The third kappa shape index (κ3) is 3.33. The van der Waals surface area contributed by atoms with Crippen LogP contribution in [0.5, 0.6) is 0 Å². The van der Waals surface area contributed by atoms with Gasteiger partial charge in [-0.1, -0.05) is 33.2 Å². The summed E-state index contributed by atoms with van der Waals surface area (Å²) >= 11 is 6.81. The number of hydrogen-bond donors (Lipinski definition) is 1. The maximum atomic E-state index is 5.77. The zero-order valence-corrected chi connectivity index (χ0v) is 14.1. The minimum absolute atomic E-state index is 0.489. The summed E-state index contributed by atoms with van der Waals surface area (Å²) in [6, 6.07) is 13.6. The Morgan fingerprint density at radius 1 is 1.05 bits per heavy atom. The van der Waals surface area contributed by atoms with E-state index in [-0.39, 0.29) is 0 Å². The number of nitrogen functional groups attached to an aromatic ring is 1. The van der Waals surface area contributed by atoms with Crippen molar-refractivity contribution in [2.75, 3.05) is 5.73 Å². The summed E-state index contributed by atoms with van der Waals surface area (Å²) in [5.74, 6) is 1.14. The molecule has 106 valence electrons. The molecule has 0 spiro atoms. The quantitative estimate of drug-likeness (QED) is 0.650. The summed E-state index contributed by atoms with van der Waals surface area (Å²) in [5.41, 5.74) is 8.41. The fourth-order valence-electron chi connectivity index (χ4n) is 1.89. The molecule has 2 N–H and O–H groups in total. The van der Waals surface area contributed by atoms with Crippen molar-refractivity contribution < 1.29 is 4.52 Å². The molecule has 0 saturated carbocycles. The molecule has 4 nitrogen and oxygen atoms in total. The smallest absolute Gasteiger partial charge is 0.257 e. The molecule has 0 amide bonds. The second-order valence-electron chi connectivity index (χ2n) is 4.56. The van der Waals surface area contributed by atoms with Gasteiger partial charge in [0.25, 0.3) is 5.89 Å². The van der Waals surface area contributed by atoms with E-state index in [1.807, 2.05) is 36.4 Å². The lowest BCUT2D eigenvalue weighted by molar-refractivity contribution is 0.424. The Morgan fingerprint density at radius 3 is 2.52 bits per heavy atom. The van der Waals surface area contributed by atoms with E-state index in [9.17, 15) is 0 Å². The average molecular weight is 409 g/mol. The molecule has 0 bridgehead atoms. The second-order valence-corrected chi connectivity index (χ2v) is 6.33. The van der Waals surface area contributed by atoms with Gasteiger partial charge in [0.1, 0.15) is 0 Å². The first-order valence-corrected chi connectivity index (χ1v) is 7.83. The second kappa shape index (κ2) is 5.99. The molecule has 0 radical (unpaired) electrons. The Hall–Kier alpha value is -1.66. The van der Waals surface area contributed by atoms with Crippen molar-refractivity contribution in [3.05, 3.63) is 62.8 Å². The molecule has 0 aliphatic rings. The largest absolute Gasteiger partial charge is 0.398 e. The van der Waals surface area contributed by atoms with Crippen molar-refractivity contribution in [2.24, 2.45) is 0 Å². The van der Waals surface area contributed by atoms with Crippen LogP contribution in [0.15, 0.2) is 55.9 Å². The van der Waals surface area contributed by atoms with E-state index in [4.69, 9.17) is 10.3 Å². The predicted molar refractivity (Wildman–Crippen MR) is 88.8 cm³/mol. The van der Waals surface area contributed by atoms with Crippen LogP contribution in [0.3, 0.4) is 0 Å². The van der Waals surface area contributed by atoms with E-state index in [1.54, 1.807) is 6.07 Å². The molecule has 1 aromatic heterocycles. The first kappa shape index (κ1) is 14.3. The lowest BCUT2D eigenvalue weighted by Gasteiger charge is -1.99. The number of anilines is 1. The molecular weight excluding hydrogens is 398 g/mol. The van der Waals surface area contributed by atoms with Gasteiger partial charge in [-0.3, -0.25) is 0 Å². The average Bonchev–Trinajstić information content (AvgIpc) is 2.93. The Bertz CT molecular complexity index is 769. The molecule has 0 aliphatic heterocycles. The van der Waals surface area contributed by atoms with Crippen molar-refractivity contribution in [2.45, 2.75) is 6.42 Å². The molecule has 3 rings (SSSR count). The van der Waals surface area contributed by atoms with Crippen molar-refractivity contribution in [3.63, 3.8) is 0 Å². The topological polar surface area (TPSA) is 64.9 Å². The Morgan fingerprint density at radius 2 is 1.81 bits per heavy atom. The third-order valence-electron chi connectivity index (χ3n) is 2.99. The fourth-order valence-corrected chi connectivity index (χ4v) is 2.53. The molecule has 21 heavy (non-hydrogen) atoms. The zero-order valence-electron chi connectivity index (χ0n) is 10.9. The summed E-state index contributed by atoms with van der Waals surface area (Å²) in [7, 11) is 0. The van der Waals surface area contributed by atoms with Crippen molar-refractivity contribution in [3.8, 4) is 11.5 Å². The number of nitrogens with zero attached hydrogens (tertiary/aromatic N) is 2. The summed E-state index contributed by atoms with van der Waals surface area (Å²) in [6.07, 6.45) is 0.632. The highest BCUT2D eigenvalue weighted by Gasteiger charge is 2.10. The summed E-state index contributed by atoms with van der Waals surface area (Å²) < 4.78 is 7.17. The maximum absolute atomic E-state index is 5.77. The number of aromatic nitrogens is 2. The molecule has 6 heteroatoms. The van der Waals surface area contributed by atoms with Crippen molar-refractivity contribution in [1.82, 2.24) is 10.1 Å². The van der Waals surface area contributed by atoms with E-state index in [0.29, 0.717) is 23.8 Å². The standard InChI is InChI=1S/C15H11Br2N3O/c16-11-4-1-9(2-5-11)7-14-19-15(21-20-14)10-3-6-13(18)12(17)8-10/h1-6,8H,7,18H2. The summed E-state index contributed by atoms with van der Waals surface area (Å²) in [6.45, 7) is 0. The normalized spacial score (nSPS) is 10.8. The van der Waals surface area contributed by atoms with Crippen LogP contribution in [0.25, 0.3) is 11.5 Å². The lowest BCUT2D eigenvalue weighted by Crippen LogP contribution is -1.91. The van der Waals surface area contributed by atoms with Gasteiger partial charge in [-0.15, -0.1) is 0 Å². The molecule has 2 aromatic carbocycles. The van der Waals surface area contributed by atoms with Crippen LogP contribution in [0.1, 0.15) is 11.4 Å². The highest BCUT2D eigenvalue weighted by molar-refractivity contribution is 9.10. The summed E-state index contributed by atoms with van der Waals surface area (Å²) in [4.78, 5) is 4.42. The predicted octanol–water partition coefficient (Wildman–Crippen LogP) is 4.43. The molecule has 0 atom stereocenters.